The van der Waals surface area contributed by atoms with Crippen molar-refractivity contribution in [1.82, 2.24) is 0 Å². The van der Waals surface area contributed by atoms with Crippen molar-refractivity contribution in [3.8, 4) is 0 Å². The van der Waals surface area contributed by atoms with E-state index in [2.05, 4.69) is 6.92 Å². The van der Waals surface area contributed by atoms with E-state index in [1.807, 2.05) is 0 Å². The average Bonchev–Trinajstić information content (AvgIpc) is 2.62. The fourth-order valence-electron chi connectivity index (χ4n) is 3.67. The summed E-state index contributed by atoms with van der Waals surface area (Å²) in [6.45, 7) is 2.27. The Morgan fingerprint density at radius 2 is 0.926 bits per heavy atom. The minimum atomic E-state index is -1.33. The van der Waals surface area contributed by atoms with Crippen molar-refractivity contribution in [1.29, 1.82) is 0 Å². The second kappa shape index (κ2) is 20.4. The van der Waals surface area contributed by atoms with Crippen LogP contribution in [0.15, 0.2) is 0 Å². The molecule has 0 aliphatic carbocycles. The molecular weight excluding hydrogens is 340 g/mol. The molecule has 0 saturated heterocycles. The van der Waals surface area contributed by atoms with Crippen molar-refractivity contribution in [3.05, 3.63) is 5.92 Å². The van der Waals surface area contributed by atoms with Crippen molar-refractivity contribution >= 4 is 0 Å². The molecule has 0 aromatic carbocycles. The summed E-state index contributed by atoms with van der Waals surface area (Å²) in [4.78, 5) is 0. The topological polar surface area (TPSA) is 80.9 Å². The first-order valence-electron chi connectivity index (χ1n) is 11.6. The summed E-state index contributed by atoms with van der Waals surface area (Å²) >= 11 is 0. The first kappa shape index (κ1) is 26.7. The Morgan fingerprint density at radius 1 is 0.519 bits per heavy atom. The van der Waals surface area contributed by atoms with Crippen LogP contribution in [0.25, 0.3) is 0 Å². The predicted octanol–water partition coefficient (Wildman–Crippen LogP) is 5.61. The summed E-state index contributed by atoms with van der Waals surface area (Å²) in [7, 11) is 0. The van der Waals surface area contributed by atoms with E-state index in [0.717, 1.165) is 18.8 Å². The molecule has 4 nitrogen and oxygen atoms in total. The lowest BCUT2D eigenvalue weighted by Gasteiger charge is -2.09. The van der Waals surface area contributed by atoms with Crippen LogP contribution < -0.4 is 0 Å². The SMILES string of the molecule is CCCCCCCCCCCCCCCCC[C+](CCC(O)O)CC(O)O. The van der Waals surface area contributed by atoms with Crippen LogP contribution in [0.4, 0.5) is 0 Å². The van der Waals surface area contributed by atoms with E-state index in [1.165, 1.54) is 89.9 Å². The van der Waals surface area contributed by atoms with Crippen LogP contribution in [0.2, 0.25) is 0 Å². The molecule has 0 bridgehead atoms. The summed E-state index contributed by atoms with van der Waals surface area (Å²) < 4.78 is 0. The molecule has 0 amide bonds. The quantitative estimate of drug-likeness (QED) is 0.117. The van der Waals surface area contributed by atoms with Crippen LogP contribution in [0, 0.1) is 5.92 Å². The summed E-state index contributed by atoms with van der Waals surface area (Å²) in [5.74, 6) is 1.03. The number of unbranched alkanes of at least 4 members (excludes halogenated alkanes) is 14. The van der Waals surface area contributed by atoms with Crippen LogP contribution >= 0.6 is 0 Å². The summed E-state index contributed by atoms with van der Waals surface area (Å²) in [6, 6.07) is 0. The fourth-order valence-corrected chi connectivity index (χ4v) is 3.67. The van der Waals surface area contributed by atoms with Gasteiger partial charge in [0.1, 0.15) is 6.42 Å². The molecular formula is C23H47O4+. The van der Waals surface area contributed by atoms with E-state index in [1.54, 1.807) is 0 Å². The molecule has 0 fully saturated rings. The lowest BCUT2D eigenvalue weighted by atomic mass is 9.92. The highest BCUT2D eigenvalue weighted by atomic mass is 16.5. The van der Waals surface area contributed by atoms with Crippen molar-refractivity contribution in [2.75, 3.05) is 0 Å². The standard InChI is InChI=1S/C23H47O4/c1-2-3-4-5-6-7-8-9-10-11-12-13-14-15-16-17-21(20-23(26)27)18-19-22(24)25/h22-27H,2-20H2,1H3/q+1. The molecule has 0 aromatic rings. The second-order valence-electron chi connectivity index (χ2n) is 8.15. The van der Waals surface area contributed by atoms with Crippen molar-refractivity contribution < 1.29 is 20.4 Å². The molecule has 4 heteroatoms. The van der Waals surface area contributed by atoms with Gasteiger partial charge in [-0.15, -0.1) is 0 Å². The van der Waals surface area contributed by atoms with Gasteiger partial charge in [-0.2, -0.15) is 0 Å². The average molecular weight is 388 g/mol. The van der Waals surface area contributed by atoms with Gasteiger partial charge in [-0.1, -0.05) is 90.4 Å². The van der Waals surface area contributed by atoms with Gasteiger partial charge in [0.05, 0.1) is 18.8 Å². The highest BCUT2D eigenvalue weighted by molar-refractivity contribution is 4.90. The molecule has 0 spiro atoms. The molecule has 0 saturated carbocycles. The fraction of sp³-hybridized carbons (Fsp3) is 0.957. The van der Waals surface area contributed by atoms with Gasteiger partial charge in [0.25, 0.3) is 0 Å². The van der Waals surface area contributed by atoms with Gasteiger partial charge < -0.3 is 20.4 Å². The van der Waals surface area contributed by atoms with E-state index in [-0.39, 0.29) is 12.8 Å². The zero-order valence-electron chi connectivity index (χ0n) is 17.9. The molecule has 0 heterocycles. The van der Waals surface area contributed by atoms with Crippen LogP contribution in [0.3, 0.4) is 0 Å². The first-order chi connectivity index (χ1) is 13.1. The summed E-state index contributed by atoms with van der Waals surface area (Å²) in [5.41, 5.74) is 0. The van der Waals surface area contributed by atoms with Crippen LogP contribution in [-0.4, -0.2) is 33.0 Å². The normalized spacial score (nSPS) is 11.7. The maximum absolute atomic E-state index is 9.12. The van der Waals surface area contributed by atoms with Crippen molar-refractivity contribution in [2.45, 2.75) is 141 Å². The van der Waals surface area contributed by atoms with Crippen molar-refractivity contribution in [3.63, 3.8) is 0 Å². The van der Waals surface area contributed by atoms with Gasteiger partial charge in [-0.25, -0.2) is 0 Å². The van der Waals surface area contributed by atoms with Gasteiger partial charge in [-0.05, 0) is 12.8 Å². The Kier molecular flexibility index (Phi) is 20.2. The Labute approximate surface area is 168 Å². The Morgan fingerprint density at radius 3 is 1.30 bits per heavy atom. The molecule has 0 rings (SSSR count). The lowest BCUT2D eigenvalue weighted by Crippen LogP contribution is -2.14. The zero-order valence-corrected chi connectivity index (χ0v) is 17.9. The molecule has 162 valence electrons. The molecule has 0 atom stereocenters. The summed E-state index contributed by atoms with van der Waals surface area (Å²) in [6.07, 6.45) is 19.4. The Balaban J connectivity index is 3.36. The van der Waals surface area contributed by atoms with Gasteiger partial charge in [0.15, 0.2) is 12.6 Å². The third kappa shape index (κ3) is 21.9. The Hall–Kier alpha value is -0.290. The molecule has 27 heavy (non-hydrogen) atoms. The largest absolute Gasteiger partial charge is 0.368 e. The highest BCUT2D eigenvalue weighted by Crippen LogP contribution is 2.24. The van der Waals surface area contributed by atoms with Crippen LogP contribution in [-0.2, 0) is 0 Å². The van der Waals surface area contributed by atoms with E-state index in [0.29, 0.717) is 6.42 Å². The molecule has 0 radical (unpaired) electrons. The van der Waals surface area contributed by atoms with Crippen LogP contribution in [0.5, 0.6) is 0 Å². The van der Waals surface area contributed by atoms with Gasteiger partial charge in [0.2, 0.25) is 0 Å². The third-order valence-electron chi connectivity index (χ3n) is 5.36. The van der Waals surface area contributed by atoms with Gasteiger partial charge in [-0.3, -0.25) is 0 Å². The van der Waals surface area contributed by atoms with E-state index in [9.17, 15) is 0 Å². The predicted molar refractivity (Wildman–Crippen MR) is 113 cm³/mol. The lowest BCUT2D eigenvalue weighted by molar-refractivity contribution is -0.0543. The number of hydrogen-bond donors (Lipinski definition) is 4. The number of aliphatic hydroxyl groups excluding tert-OH is 2. The smallest absolute Gasteiger partial charge is 0.193 e. The number of aliphatic hydroxyl groups is 4. The maximum Gasteiger partial charge on any atom is 0.193 e. The highest BCUT2D eigenvalue weighted by Gasteiger charge is 2.23. The first-order valence-corrected chi connectivity index (χ1v) is 11.6. The minimum Gasteiger partial charge on any atom is -0.368 e. The minimum absolute atomic E-state index is 0.255. The molecule has 0 aliphatic rings. The van der Waals surface area contributed by atoms with E-state index < -0.39 is 12.6 Å². The van der Waals surface area contributed by atoms with E-state index in [4.69, 9.17) is 20.4 Å². The van der Waals surface area contributed by atoms with Gasteiger partial charge >= 0.3 is 0 Å². The molecule has 4 N–H and O–H groups in total. The second-order valence-corrected chi connectivity index (χ2v) is 8.15. The maximum atomic E-state index is 9.12. The summed E-state index contributed by atoms with van der Waals surface area (Å²) in [5, 5.41) is 36.2. The number of hydrogen-bond acceptors (Lipinski definition) is 4. The van der Waals surface area contributed by atoms with Gasteiger partial charge in [0, 0.05) is 6.42 Å². The van der Waals surface area contributed by atoms with Crippen molar-refractivity contribution in [2.24, 2.45) is 0 Å². The van der Waals surface area contributed by atoms with Crippen LogP contribution in [0.1, 0.15) is 129 Å². The zero-order chi connectivity index (χ0) is 20.2. The number of rotatable bonds is 21. The van der Waals surface area contributed by atoms with E-state index >= 15 is 0 Å². The third-order valence-corrected chi connectivity index (χ3v) is 5.36. The Bertz CT molecular complexity index is 282. The molecule has 0 unspecified atom stereocenters. The molecule has 0 aliphatic heterocycles. The monoisotopic (exact) mass is 387 g/mol. The molecule has 0 aromatic heterocycles.